The first-order valence-electron chi connectivity index (χ1n) is 12.2. The summed E-state index contributed by atoms with van der Waals surface area (Å²) in [6.45, 7) is 4.55. The molecule has 1 saturated heterocycles. The van der Waals surface area contributed by atoms with Crippen molar-refractivity contribution in [3.8, 4) is 0 Å². The average molecular weight is 465 g/mol. The molecule has 0 spiro atoms. The molecule has 5 rings (SSSR count). The number of anilines is 1. The minimum absolute atomic E-state index is 0.105. The van der Waals surface area contributed by atoms with Crippen LogP contribution in [0.3, 0.4) is 0 Å². The highest BCUT2D eigenvalue weighted by molar-refractivity contribution is 5.77. The fourth-order valence-corrected chi connectivity index (χ4v) is 4.99. The lowest BCUT2D eigenvalue weighted by atomic mass is 10.1. The summed E-state index contributed by atoms with van der Waals surface area (Å²) >= 11 is 0. The van der Waals surface area contributed by atoms with Crippen LogP contribution in [0.5, 0.6) is 0 Å². The maximum absolute atomic E-state index is 13.6. The topological polar surface area (TPSA) is 117 Å². The second-order valence-electron chi connectivity index (χ2n) is 9.28. The van der Waals surface area contributed by atoms with Crippen molar-refractivity contribution < 1.29 is 0 Å². The van der Waals surface area contributed by atoms with Crippen molar-refractivity contribution in [3.63, 3.8) is 0 Å². The van der Waals surface area contributed by atoms with Crippen molar-refractivity contribution in [2.24, 2.45) is 12.8 Å². The third kappa shape index (κ3) is 3.96. The number of hydrogen-bond donors (Lipinski definition) is 1. The first kappa shape index (κ1) is 22.5. The number of rotatable bonds is 6. The van der Waals surface area contributed by atoms with Crippen LogP contribution >= 0.6 is 0 Å². The van der Waals surface area contributed by atoms with Gasteiger partial charge in [0.25, 0.3) is 11.1 Å². The van der Waals surface area contributed by atoms with E-state index in [-0.39, 0.29) is 23.7 Å². The van der Waals surface area contributed by atoms with Gasteiger partial charge in [0.15, 0.2) is 0 Å². The maximum atomic E-state index is 13.6. The summed E-state index contributed by atoms with van der Waals surface area (Å²) in [7, 11) is 1.88. The van der Waals surface area contributed by atoms with E-state index < -0.39 is 0 Å². The number of nitrogens with zero attached hydrogens (tertiary/aromatic N) is 7. The Bertz CT molecular complexity index is 1470. The molecule has 1 aliphatic heterocycles. The number of fused-ring (bicyclic) bond motifs is 2. The molecule has 34 heavy (non-hydrogen) atoms. The Kier molecular flexibility index (Phi) is 6.07. The highest BCUT2D eigenvalue weighted by Crippen LogP contribution is 2.23. The quantitative estimate of drug-likeness (QED) is 0.538. The van der Waals surface area contributed by atoms with E-state index in [0.717, 1.165) is 62.9 Å². The highest BCUT2D eigenvalue weighted by atomic mass is 16.1. The summed E-state index contributed by atoms with van der Waals surface area (Å²) in [6, 6.07) is 0.105. The maximum Gasteiger partial charge on any atom is 0.293 e. The van der Waals surface area contributed by atoms with Gasteiger partial charge < -0.3 is 19.8 Å². The first-order valence-corrected chi connectivity index (χ1v) is 12.2. The number of aryl methyl sites for hydroxylation is 1. The van der Waals surface area contributed by atoms with Gasteiger partial charge in [-0.15, -0.1) is 0 Å². The molecule has 3 aromatic heterocycles. The summed E-state index contributed by atoms with van der Waals surface area (Å²) < 4.78 is 5.30. The Morgan fingerprint density at radius 2 is 2.00 bits per heavy atom. The van der Waals surface area contributed by atoms with Gasteiger partial charge in [-0.2, -0.15) is 10.1 Å². The Labute approximate surface area is 197 Å². The Balaban J connectivity index is 1.60. The monoisotopic (exact) mass is 464 g/mol. The zero-order chi connectivity index (χ0) is 23.8. The second-order valence-corrected chi connectivity index (χ2v) is 9.28. The van der Waals surface area contributed by atoms with Crippen LogP contribution in [0.2, 0.25) is 0 Å². The van der Waals surface area contributed by atoms with E-state index in [9.17, 15) is 9.59 Å². The van der Waals surface area contributed by atoms with Crippen LogP contribution in [0.15, 0.2) is 15.8 Å². The molecule has 1 unspecified atom stereocenters. The molecule has 0 amide bonds. The predicted octanol–water partition coefficient (Wildman–Crippen LogP) is -0.183. The van der Waals surface area contributed by atoms with Crippen molar-refractivity contribution in [2.75, 3.05) is 18.0 Å². The summed E-state index contributed by atoms with van der Waals surface area (Å²) in [5.74, 6) is 1.30. The van der Waals surface area contributed by atoms with E-state index in [2.05, 4.69) is 28.0 Å². The third-order valence-electron chi connectivity index (χ3n) is 6.84. The largest absolute Gasteiger partial charge is 0.341 e. The predicted molar refractivity (Wildman–Crippen MR) is 132 cm³/mol. The van der Waals surface area contributed by atoms with Crippen molar-refractivity contribution in [1.82, 2.24) is 28.9 Å². The molecule has 3 aromatic rings. The summed E-state index contributed by atoms with van der Waals surface area (Å²) in [4.78, 5) is 37.5. The smallest absolute Gasteiger partial charge is 0.293 e. The Hall–Kier alpha value is -3.27. The molecule has 1 atom stereocenters. The second kappa shape index (κ2) is 9.17. The molecule has 10 nitrogen and oxygen atoms in total. The molecule has 0 saturated carbocycles. The molecule has 0 aromatic carbocycles. The number of aromatic nitrogens is 6. The van der Waals surface area contributed by atoms with E-state index in [1.807, 2.05) is 22.3 Å². The third-order valence-corrected chi connectivity index (χ3v) is 6.84. The number of imidazole rings is 1. The van der Waals surface area contributed by atoms with Gasteiger partial charge in [-0.05, 0) is 32.1 Å². The number of hydrogen-bond acceptors (Lipinski definition) is 7. The van der Waals surface area contributed by atoms with Crippen LogP contribution in [0, 0.1) is 0 Å². The van der Waals surface area contributed by atoms with Gasteiger partial charge in [0.2, 0.25) is 5.95 Å². The normalized spacial score (nSPS) is 18.0. The summed E-state index contributed by atoms with van der Waals surface area (Å²) in [5, 5.41) is 5.88. The van der Waals surface area contributed by atoms with Crippen molar-refractivity contribution in [2.45, 2.75) is 64.6 Å². The average Bonchev–Trinajstić information content (AvgIpc) is 3.22. The Morgan fingerprint density at radius 1 is 1.18 bits per heavy atom. The molecule has 10 heteroatoms. The van der Waals surface area contributed by atoms with Crippen LogP contribution in [-0.2, 0) is 20.1 Å². The number of piperidine rings is 1. The number of unbranched alkanes of at least 4 members (excludes halogenated alkanes) is 1. The van der Waals surface area contributed by atoms with Gasteiger partial charge in [-0.25, -0.2) is 9.67 Å². The van der Waals surface area contributed by atoms with Crippen molar-refractivity contribution in [1.29, 1.82) is 0 Å². The molecule has 2 aliphatic rings. The fourth-order valence-electron chi connectivity index (χ4n) is 4.99. The zero-order valence-electron chi connectivity index (χ0n) is 19.9. The molecule has 0 bridgehead atoms. The molecule has 0 radical (unpaired) electrons. The van der Waals surface area contributed by atoms with Crippen molar-refractivity contribution in [3.05, 3.63) is 43.3 Å². The highest BCUT2D eigenvalue weighted by Gasteiger charge is 2.24. The van der Waals surface area contributed by atoms with E-state index in [0.29, 0.717) is 28.6 Å². The molecule has 1 aliphatic carbocycles. The lowest BCUT2D eigenvalue weighted by Crippen LogP contribution is -2.49. The SMILES string of the molecule is CCCCn1c(N2CCCC(N)C2)nc2cnn(Cc3nc(=O)c4c(n3C)=CCCC=4)c(=O)c21. The molecule has 180 valence electrons. The van der Waals surface area contributed by atoms with E-state index in [1.54, 1.807) is 6.20 Å². The summed E-state index contributed by atoms with van der Waals surface area (Å²) in [6.07, 6.45) is 11.3. The van der Waals surface area contributed by atoms with Gasteiger partial charge in [0, 0.05) is 32.7 Å². The minimum Gasteiger partial charge on any atom is -0.341 e. The van der Waals surface area contributed by atoms with Crippen molar-refractivity contribution >= 4 is 29.1 Å². The molecular formula is C24H32N8O2. The molecule has 4 heterocycles. The van der Waals surface area contributed by atoms with Gasteiger partial charge in [0.1, 0.15) is 23.4 Å². The van der Waals surface area contributed by atoms with E-state index in [1.165, 1.54) is 4.68 Å². The lowest BCUT2D eigenvalue weighted by molar-refractivity contribution is 0.491. The standard InChI is InChI=1S/C24H32N8O2/c1-3-4-12-31-21-18(27-24(31)30-11-7-8-16(25)14-30)13-26-32(23(21)34)15-20-28-22(33)17-9-5-6-10-19(17)29(20)2/h9-10,13,16H,3-8,11-12,14-15,25H2,1-2H3. The van der Waals surface area contributed by atoms with Crippen LogP contribution in [0.4, 0.5) is 5.95 Å². The van der Waals surface area contributed by atoms with Gasteiger partial charge in [0.05, 0.1) is 16.8 Å². The van der Waals surface area contributed by atoms with Crippen LogP contribution in [0.25, 0.3) is 23.2 Å². The minimum atomic E-state index is -0.259. The van der Waals surface area contributed by atoms with Crippen LogP contribution in [-0.4, -0.2) is 48.0 Å². The van der Waals surface area contributed by atoms with E-state index >= 15 is 0 Å². The number of nitrogens with two attached hydrogens (primary N) is 1. The molecule has 2 N–H and O–H groups in total. The van der Waals surface area contributed by atoms with Gasteiger partial charge >= 0.3 is 0 Å². The van der Waals surface area contributed by atoms with Crippen LogP contribution < -0.4 is 32.3 Å². The lowest BCUT2D eigenvalue weighted by Gasteiger charge is -2.31. The van der Waals surface area contributed by atoms with Gasteiger partial charge in [-0.3, -0.25) is 9.59 Å². The molecular weight excluding hydrogens is 432 g/mol. The summed E-state index contributed by atoms with van der Waals surface area (Å²) in [5.41, 5.74) is 6.87. The van der Waals surface area contributed by atoms with Crippen LogP contribution in [0.1, 0.15) is 51.3 Å². The zero-order valence-corrected chi connectivity index (χ0v) is 19.9. The molecule has 1 fully saturated rings. The first-order chi connectivity index (χ1) is 16.5. The van der Waals surface area contributed by atoms with E-state index in [4.69, 9.17) is 10.7 Å². The Morgan fingerprint density at radius 3 is 2.79 bits per heavy atom. The fraction of sp³-hybridized carbons (Fsp3) is 0.542. The van der Waals surface area contributed by atoms with Gasteiger partial charge in [-0.1, -0.05) is 25.5 Å².